The van der Waals surface area contributed by atoms with Gasteiger partial charge in [0.2, 0.25) is 0 Å². The van der Waals surface area contributed by atoms with E-state index in [4.69, 9.17) is 9.84 Å². The van der Waals surface area contributed by atoms with Crippen molar-refractivity contribution >= 4 is 37.8 Å². The number of aliphatic hydroxyl groups is 1. The highest BCUT2D eigenvalue weighted by Crippen LogP contribution is 2.37. The van der Waals surface area contributed by atoms with Crippen molar-refractivity contribution in [2.75, 3.05) is 6.61 Å². The lowest BCUT2D eigenvalue weighted by Gasteiger charge is -2.21. The number of phenols is 1. The van der Waals surface area contributed by atoms with Crippen LogP contribution >= 0.6 is 31.9 Å². The van der Waals surface area contributed by atoms with Gasteiger partial charge in [-0.2, -0.15) is 0 Å². The molecule has 1 aromatic carbocycles. The number of aromatic hydroxyl groups is 1. The summed E-state index contributed by atoms with van der Waals surface area (Å²) < 4.78 is 6.38. The van der Waals surface area contributed by atoms with E-state index in [1.807, 2.05) is 0 Å². The molecule has 0 amide bonds. The van der Waals surface area contributed by atoms with Crippen molar-refractivity contribution in [3.05, 3.63) is 38.8 Å². The second-order valence-corrected chi connectivity index (χ2v) is 5.66. The normalized spacial score (nSPS) is 14.4. The Hall–Kier alpha value is -0.890. The largest absolute Gasteiger partial charge is 0.506 e. The lowest BCUT2D eigenvalue weighted by Crippen LogP contribution is -2.20. The molecule has 1 rings (SSSR count). The summed E-state index contributed by atoms with van der Waals surface area (Å²) in [7, 11) is 0. The minimum Gasteiger partial charge on any atom is -0.506 e. The van der Waals surface area contributed by atoms with Gasteiger partial charge in [0.15, 0.2) is 0 Å². The molecule has 1 aromatic rings. The monoisotopic (exact) mass is 408 g/mol. The van der Waals surface area contributed by atoms with Crippen LogP contribution in [0.25, 0.3) is 0 Å². The Balaban J connectivity index is 3.11. The third kappa shape index (κ3) is 4.59. The fourth-order valence-electron chi connectivity index (χ4n) is 1.61. The summed E-state index contributed by atoms with van der Waals surface area (Å²) in [6.07, 6.45) is 0.0702. The molecule has 5 nitrogen and oxygen atoms in total. The zero-order chi connectivity index (χ0) is 15.3. The van der Waals surface area contributed by atoms with Gasteiger partial charge in [-0.3, -0.25) is 0 Å². The Morgan fingerprint density at radius 2 is 2.10 bits per heavy atom. The number of carbonyl (C=O) groups is 1. The van der Waals surface area contributed by atoms with E-state index in [0.29, 0.717) is 15.6 Å². The van der Waals surface area contributed by atoms with Crippen molar-refractivity contribution in [3.63, 3.8) is 0 Å². The second-order valence-electron chi connectivity index (χ2n) is 3.89. The fraction of sp³-hybridized carbons (Fsp3) is 0.308. The molecular weight excluding hydrogens is 396 g/mol. The summed E-state index contributed by atoms with van der Waals surface area (Å²) in [5.41, 5.74) is 0.236. The molecule has 0 aliphatic heterocycles. The van der Waals surface area contributed by atoms with Gasteiger partial charge in [0.1, 0.15) is 18.0 Å². The summed E-state index contributed by atoms with van der Waals surface area (Å²) >= 11 is 6.43. The Morgan fingerprint density at radius 3 is 2.65 bits per heavy atom. The van der Waals surface area contributed by atoms with Crippen LogP contribution in [0, 0.1) is 0 Å². The molecule has 0 spiro atoms. The van der Waals surface area contributed by atoms with Crippen LogP contribution in [0.1, 0.15) is 18.6 Å². The standard InChI is InChI=1S/C13H14Br2O5/c1-2-20-10(3-4-11(16)17)13(19)8-5-7(14)6-9(15)12(8)18/h3-6,10,13,18-19H,2H2,1H3,(H,16,17)/b4-3+/t10-,13-/m0/s1. The Labute approximate surface area is 133 Å². The third-order valence-electron chi connectivity index (χ3n) is 2.48. The van der Waals surface area contributed by atoms with Gasteiger partial charge >= 0.3 is 5.97 Å². The van der Waals surface area contributed by atoms with Crippen LogP contribution in [-0.2, 0) is 9.53 Å². The lowest BCUT2D eigenvalue weighted by atomic mass is 10.0. The first-order chi connectivity index (χ1) is 9.36. The van der Waals surface area contributed by atoms with Crippen molar-refractivity contribution in [2.45, 2.75) is 19.1 Å². The van der Waals surface area contributed by atoms with Crippen molar-refractivity contribution in [1.82, 2.24) is 0 Å². The van der Waals surface area contributed by atoms with Gasteiger partial charge in [-0.15, -0.1) is 0 Å². The third-order valence-corrected chi connectivity index (χ3v) is 3.54. The molecule has 0 fully saturated rings. The maximum Gasteiger partial charge on any atom is 0.328 e. The Bertz CT molecular complexity index is 516. The lowest BCUT2D eigenvalue weighted by molar-refractivity contribution is -0.131. The first-order valence-electron chi connectivity index (χ1n) is 5.75. The van der Waals surface area contributed by atoms with E-state index in [1.165, 1.54) is 6.08 Å². The molecule has 0 radical (unpaired) electrons. The maximum atomic E-state index is 10.6. The highest BCUT2D eigenvalue weighted by atomic mass is 79.9. The number of phenolic OH excluding ortho intramolecular Hbond substituents is 1. The molecule has 0 aliphatic rings. The molecule has 0 aliphatic carbocycles. The molecule has 0 saturated heterocycles. The number of hydrogen-bond donors (Lipinski definition) is 3. The number of ether oxygens (including phenoxy) is 1. The highest BCUT2D eigenvalue weighted by Gasteiger charge is 2.23. The Kier molecular flexibility index (Phi) is 6.67. The summed E-state index contributed by atoms with van der Waals surface area (Å²) in [6.45, 7) is 2.02. The van der Waals surface area contributed by atoms with Crippen molar-refractivity contribution < 1.29 is 24.9 Å². The van der Waals surface area contributed by atoms with Gasteiger partial charge in [0.05, 0.1) is 4.47 Å². The van der Waals surface area contributed by atoms with Gasteiger partial charge in [-0.25, -0.2) is 4.79 Å². The average molecular weight is 410 g/mol. The molecule has 0 saturated carbocycles. The molecule has 2 atom stereocenters. The number of rotatable bonds is 6. The first kappa shape index (κ1) is 17.2. The fourth-order valence-corrected chi connectivity index (χ4v) is 2.87. The van der Waals surface area contributed by atoms with Crippen LogP contribution in [0.4, 0.5) is 0 Å². The minimum atomic E-state index is -1.20. The van der Waals surface area contributed by atoms with E-state index >= 15 is 0 Å². The smallest absolute Gasteiger partial charge is 0.328 e. The van der Waals surface area contributed by atoms with Gasteiger partial charge in [0, 0.05) is 22.7 Å². The van der Waals surface area contributed by atoms with Crippen molar-refractivity contribution in [1.29, 1.82) is 0 Å². The molecule has 20 heavy (non-hydrogen) atoms. The number of carboxylic acid groups (broad SMARTS) is 1. The van der Waals surface area contributed by atoms with Crippen LogP contribution < -0.4 is 0 Å². The number of aliphatic carboxylic acids is 1. The van der Waals surface area contributed by atoms with Crippen LogP contribution in [0.15, 0.2) is 33.2 Å². The van der Waals surface area contributed by atoms with Crippen LogP contribution in [0.3, 0.4) is 0 Å². The SMILES string of the molecule is CCO[C@@H](/C=C/C(=O)O)[C@@H](O)c1cc(Br)cc(Br)c1O. The predicted molar refractivity (Wildman–Crippen MR) is 80.7 cm³/mol. The molecule has 0 heterocycles. The number of aliphatic hydroxyl groups excluding tert-OH is 1. The zero-order valence-electron chi connectivity index (χ0n) is 10.6. The molecule has 0 bridgehead atoms. The summed E-state index contributed by atoms with van der Waals surface area (Å²) in [5.74, 6) is -1.25. The minimum absolute atomic E-state index is 0.117. The number of hydrogen-bond acceptors (Lipinski definition) is 4. The molecule has 3 N–H and O–H groups in total. The van der Waals surface area contributed by atoms with Crippen LogP contribution in [0.2, 0.25) is 0 Å². The van der Waals surface area contributed by atoms with Crippen LogP contribution in [-0.4, -0.2) is 34.0 Å². The molecule has 110 valence electrons. The van der Waals surface area contributed by atoms with E-state index in [9.17, 15) is 15.0 Å². The topological polar surface area (TPSA) is 87.0 Å². The Morgan fingerprint density at radius 1 is 1.45 bits per heavy atom. The summed E-state index contributed by atoms with van der Waals surface area (Å²) in [4.78, 5) is 10.6. The van der Waals surface area contributed by atoms with Gasteiger partial charge in [-0.05, 0) is 41.1 Å². The summed E-state index contributed by atoms with van der Waals surface area (Å²) in [6, 6.07) is 3.18. The molecule has 0 aromatic heterocycles. The van der Waals surface area contributed by atoms with Gasteiger partial charge in [0.25, 0.3) is 0 Å². The number of carboxylic acids is 1. The molecular formula is C13H14Br2O5. The summed E-state index contributed by atoms with van der Waals surface area (Å²) in [5, 5.41) is 28.9. The quantitative estimate of drug-likeness (QED) is 0.628. The van der Waals surface area contributed by atoms with Crippen molar-refractivity contribution in [2.24, 2.45) is 0 Å². The highest BCUT2D eigenvalue weighted by molar-refractivity contribution is 9.11. The van der Waals surface area contributed by atoms with Gasteiger partial charge in [-0.1, -0.05) is 15.9 Å². The predicted octanol–water partition coefficient (Wildman–Crippen LogP) is 3.00. The van der Waals surface area contributed by atoms with E-state index in [-0.39, 0.29) is 11.3 Å². The second kappa shape index (κ2) is 7.78. The first-order valence-corrected chi connectivity index (χ1v) is 7.34. The maximum absolute atomic E-state index is 10.6. The van der Waals surface area contributed by atoms with Gasteiger partial charge < -0.3 is 20.1 Å². The molecule has 0 unspecified atom stereocenters. The van der Waals surface area contributed by atoms with E-state index in [2.05, 4.69) is 31.9 Å². The van der Waals surface area contributed by atoms with Crippen molar-refractivity contribution in [3.8, 4) is 5.75 Å². The van der Waals surface area contributed by atoms with E-state index in [0.717, 1.165) is 6.08 Å². The average Bonchev–Trinajstić information content (AvgIpc) is 2.37. The van der Waals surface area contributed by atoms with E-state index < -0.39 is 18.2 Å². The van der Waals surface area contributed by atoms with Crippen LogP contribution in [0.5, 0.6) is 5.75 Å². The van der Waals surface area contributed by atoms with E-state index in [1.54, 1.807) is 19.1 Å². The molecule has 7 heteroatoms. The zero-order valence-corrected chi connectivity index (χ0v) is 13.8. The number of halogens is 2. The number of benzene rings is 1.